The van der Waals surface area contributed by atoms with E-state index in [1.54, 1.807) is 0 Å². The minimum atomic E-state index is -0.161. The van der Waals surface area contributed by atoms with E-state index >= 15 is 0 Å². The molecule has 0 aliphatic carbocycles. The summed E-state index contributed by atoms with van der Waals surface area (Å²) < 4.78 is 4.60. The predicted molar refractivity (Wildman–Crippen MR) is 64.5 cm³/mol. The highest BCUT2D eigenvalue weighted by molar-refractivity contribution is 7.99. The first kappa shape index (κ1) is 11.5. The molecule has 1 atom stereocenters. The molecule has 0 spiro atoms. The standard InChI is InChI=1S/C12H15NO2S/c1-15-12(14)6-7-13-10-8-16-11-5-3-2-4-9(10)11/h2-5,10,13H,6-8H2,1H3. The van der Waals surface area contributed by atoms with E-state index in [2.05, 4.69) is 34.3 Å². The zero-order chi connectivity index (χ0) is 11.4. The van der Waals surface area contributed by atoms with Gasteiger partial charge in [-0.25, -0.2) is 0 Å². The molecule has 16 heavy (non-hydrogen) atoms. The smallest absolute Gasteiger partial charge is 0.306 e. The van der Waals surface area contributed by atoms with Crippen molar-refractivity contribution >= 4 is 17.7 Å². The third-order valence-electron chi connectivity index (χ3n) is 2.65. The summed E-state index contributed by atoms with van der Waals surface area (Å²) in [5.41, 5.74) is 1.34. The molecule has 0 radical (unpaired) electrons. The van der Waals surface area contributed by atoms with Crippen LogP contribution in [0.2, 0.25) is 0 Å². The zero-order valence-corrected chi connectivity index (χ0v) is 10.0. The molecule has 1 N–H and O–H groups in total. The number of hydrogen-bond donors (Lipinski definition) is 1. The average Bonchev–Trinajstić information content (AvgIpc) is 2.73. The first-order valence-corrected chi connectivity index (χ1v) is 6.31. The molecule has 0 saturated carbocycles. The first-order valence-electron chi connectivity index (χ1n) is 5.33. The number of carbonyl (C=O) groups is 1. The van der Waals surface area contributed by atoms with Gasteiger partial charge < -0.3 is 10.1 Å². The summed E-state index contributed by atoms with van der Waals surface area (Å²) in [6, 6.07) is 8.76. The Morgan fingerprint density at radius 1 is 1.56 bits per heavy atom. The van der Waals surface area contributed by atoms with Gasteiger partial charge in [0.05, 0.1) is 13.5 Å². The lowest BCUT2D eigenvalue weighted by atomic mass is 10.1. The van der Waals surface area contributed by atoms with Crippen molar-refractivity contribution in [2.45, 2.75) is 17.4 Å². The van der Waals surface area contributed by atoms with Gasteiger partial charge in [0.25, 0.3) is 0 Å². The molecule has 4 heteroatoms. The van der Waals surface area contributed by atoms with Crippen LogP contribution in [0.5, 0.6) is 0 Å². The number of ether oxygens (including phenoxy) is 1. The van der Waals surface area contributed by atoms with Crippen molar-refractivity contribution in [1.29, 1.82) is 0 Å². The average molecular weight is 237 g/mol. The molecular formula is C12H15NO2S. The number of nitrogens with one attached hydrogen (secondary N) is 1. The largest absolute Gasteiger partial charge is 0.469 e. The number of methoxy groups -OCH3 is 1. The van der Waals surface area contributed by atoms with Gasteiger partial charge in [-0.3, -0.25) is 4.79 Å². The second kappa shape index (κ2) is 5.37. The van der Waals surface area contributed by atoms with Gasteiger partial charge in [0.2, 0.25) is 0 Å². The molecule has 3 nitrogen and oxygen atoms in total. The number of benzene rings is 1. The molecule has 1 aromatic carbocycles. The van der Waals surface area contributed by atoms with Crippen LogP contribution in [-0.4, -0.2) is 25.4 Å². The van der Waals surface area contributed by atoms with Crippen LogP contribution in [0, 0.1) is 0 Å². The van der Waals surface area contributed by atoms with Crippen LogP contribution in [0.25, 0.3) is 0 Å². The second-order valence-corrected chi connectivity index (χ2v) is 4.74. The lowest BCUT2D eigenvalue weighted by molar-refractivity contribution is -0.140. The Hall–Kier alpha value is -1.00. The topological polar surface area (TPSA) is 38.3 Å². The molecule has 0 fully saturated rings. The van der Waals surface area contributed by atoms with Crippen LogP contribution in [0.15, 0.2) is 29.2 Å². The van der Waals surface area contributed by atoms with E-state index in [4.69, 9.17) is 0 Å². The predicted octanol–water partition coefficient (Wildman–Crippen LogP) is 1.99. The van der Waals surface area contributed by atoms with E-state index in [0.29, 0.717) is 19.0 Å². The molecule has 0 amide bonds. The van der Waals surface area contributed by atoms with Crippen LogP contribution in [0.4, 0.5) is 0 Å². The zero-order valence-electron chi connectivity index (χ0n) is 9.23. The van der Waals surface area contributed by atoms with Crippen molar-refractivity contribution in [2.75, 3.05) is 19.4 Å². The third kappa shape index (κ3) is 2.57. The Morgan fingerprint density at radius 3 is 3.19 bits per heavy atom. The van der Waals surface area contributed by atoms with Crippen molar-refractivity contribution in [2.24, 2.45) is 0 Å². The molecule has 86 valence electrons. The SMILES string of the molecule is COC(=O)CCNC1CSc2ccccc21. The van der Waals surface area contributed by atoms with Gasteiger partial charge in [0.15, 0.2) is 0 Å². The summed E-state index contributed by atoms with van der Waals surface area (Å²) in [5, 5.41) is 3.38. The van der Waals surface area contributed by atoms with E-state index in [-0.39, 0.29) is 5.97 Å². The van der Waals surface area contributed by atoms with Crippen molar-refractivity contribution in [3.8, 4) is 0 Å². The van der Waals surface area contributed by atoms with Gasteiger partial charge in [0, 0.05) is 23.2 Å². The minimum Gasteiger partial charge on any atom is -0.469 e. The fourth-order valence-corrected chi connectivity index (χ4v) is 2.98. The molecule has 1 aliphatic rings. The maximum atomic E-state index is 11.0. The molecule has 0 aromatic heterocycles. The molecule has 1 aromatic rings. The maximum absolute atomic E-state index is 11.0. The number of esters is 1. The van der Waals surface area contributed by atoms with Crippen LogP contribution in [0.1, 0.15) is 18.0 Å². The summed E-state index contributed by atoms with van der Waals surface area (Å²) in [6.45, 7) is 0.673. The lowest BCUT2D eigenvalue weighted by Crippen LogP contribution is -2.24. The van der Waals surface area contributed by atoms with E-state index in [1.165, 1.54) is 17.6 Å². The summed E-state index contributed by atoms with van der Waals surface area (Å²) in [5.74, 6) is 0.881. The van der Waals surface area contributed by atoms with Crippen molar-refractivity contribution in [1.82, 2.24) is 5.32 Å². The minimum absolute atomic E-state index is 0.161. The van der Waals surface area contributed by atoms with Gasteiger partial charge in [-0.2, -0.15) is 0 Å². The Kier molecular flexibility index (Phi) is 3.85. The fourth-order valence-electron chi connectivity index (χ4n) is 1.78. The fraction of sp³-hybridized carbons (Fsp3) is 0.417. The Balaban J connectivity index is 1.86. The highest BCUT2D eigenvalue weighted by atomic mass is 32.2. The molecule has 0 saturated heterocycles. The maximum Gasteiger partial charge on any atom is 0.306 e. The van der Waals surface area contributed by atoms with Crippen molar-refractivity contribution in [3.05, 3.63) is 29.8 Å². The number of fused-ring (bicyclic) bond motifs is 1. The number of carbonyl (C=O) groups excluding carboxylic acids is 1. The van der Waals surface area contributed by atoms with E-state index in [1.807, 2.05) is 11.8 Å². The first-order chi connectivity index (χ1) is 7.81. The highest BCUT2D eigenvalue weighted by Crippen LogP contribution is 2.37. The van der Waals surface area contributed by atoms with Gasteiger partial charge in [-0.1, -0.05) is 18.2 Å². The van der Waals surface area contributed by atoms with Gasteiger partial charge in [-0.15, -0.1) is 11.8 Å². The second-order valence-electron chi connectivity index (χ2n) is 3.68. The van der Waals surface area contributed by atoms with Crippen LogP contribution in [-0.2, 0) is 9.53 Å². The molecule has 1 heterocycles. The van der Waals surface area contributed by atoms with Crippen LogP contribution >= 0.6 is 11.8 Å². The summed E-state index contributed by atoms with van der Waals surface area (Å²) in [4.78, 5) is 12.3. The number of thioether (sulfide) groups is 1. The van der Waals surface area contributed by atoms with Crippen LogP contribution < -0.4 is 5.32 Å². The number of hydrogen-bond acceptors (Lipinski definition) is 4. The quantitative estimate of drug-likeness (QED) is 0.813. The molecule has 1 aliphatic heterocycles. The Morgan fingerprint density at radius 2 is 2.38 bits per heavy atom. The Labute approximate surface area is 99.6 Å². The van der Waals surface area contributed by atoms with E-state index < -0.39 is 0 Å². The Bertz CT molecular complexity index is 381. The van der Waals surface area contributed by atoms with Gasteiger partial charge >= 0.3 is 5.97 Å². The monoisotopic (exact) mass is 237 g/mol. The highest BCUT2D eigenvalue weighted by Gasteiger charge is 2.21. The summed E-state index contributed by atoms with van der Waals surface area (Å²) in [6.07, 6.45) is 0.430. The summed E-state index contributed by atoms with van der Waals surface area (Å²) >= 11 is 1.86. The molecular weight excluding hydrogens is 222 g/mol. The third-order valence-corrected chi connectivity index (χ3v) is 3.83. The lowest BCUT2D eigenvalue weighted by Gasteiger charge is -2.12. The van der Waals surface area contributed by atoms with Gasteiger partial charge in [-0.05, 0) is 11.6 Å². The summed E-state index contributed by atoms with van der Waals surface area (Å²) in [7, 11) is 1.42. The van der Waals surface area contributed by atoms with E-state index in [0.717, 1.165) is 5.75 Å². The molecule has 1 unspecified atom stereocenters. The van der Waals surface area contributed by atoms with E-state index in [9.17, 15) is 4.79 Å². The van der Waals surface area contributed by atoms with Gasteiger partial charge in [0.1, 0.15) is 0 Å². The normalized spacial score (nSPS) is 18.2. The van der Waals surface area contributed by atoms with Crippen molar-refractivity contribution in [3.63, 3.8) is 0 Å². The van der Waals surface area contributed by atoms with Crippen LogP contribution in [0.3, 0.4) is 0 Å². The van der Waals surface area contributed by atoms with Crippen molar-refractivity contribution < 1.29 is 9.53 Å². The number of rotatable bonds is 4. The molecule has 0 bridgehead atoms. The molecule has 2 rings (SSSR count).